The van der Waals surface area contributed by atoms with E-state index in [2.05, 4.69) is 41.3 Å². The molecule has 0 N–H and O–H groups in total. The number of hydrogen-bond acceptors (Lipinski definition) is 4. The van der Waals surface area contributed by atoms with Gasteiger partial charge in [0.05, 0.1) is 0 Å². The number of aromatic nitrogens is 2. The van der Waals surface area contributed by atoms with Crippen LogP contribution in [-0.4, -0.2) is 34.0 Å². The van der Waals surface area contributed by atoms with Crippen molar-refractivity contribution in [2.24, 2.45) is 5.92 Å². The molecule has 0 bridgehead atoms. The van der Waals surface area contributed by atoms with Crippen molar-refractivity contribution in [2.45, 2.75) is 51.4 Å². The second kappa shape index (κ2) is 6.62. The molecule has 1 aromatic heterocycles. The van der Waals surface area contributed by atoms with Gasteiger partial charge in [-0.05, 0) is 37.7 Å². The Morgan fingerprint density at radius 3 is 3.04 bits per heavy atom. The molecule has 25 heavy (non-hydrogen) atoms. The van der Waals surface area contributed by atoms with Gasteiger partial charge in [0.2, 0.25) is 11.8 Å². The smallest absolute Gasteiger partial charge is 0.226 e. The lowest BCUT2D eigenvalue weighted by molar-refractivity contribution is -0.133. The number of carbonyl (C=O) groups is 1. The fourth-order valence-electron chi connectivity index (χ4n) is 3.94. The lowest BCUT2D eigenvalue weighted by Gasteiger charge is -2.31. The highest BCUT2D eigenvalue weighted by atomic mass is 16.5. The van der Waals surface area contributed by atoms with Crippen LogP contribution in [0.2, 0.25) is 0 Å². The van der Waals surface area contributed by atoms with Crippen molar-refractivity contribution in [1.82, 2.24) is 15.0 Å². The maximum Gasteiger partial charge on any atom is 0.226 e. The van der Waals surface area contributed by atoms with Gasteiger partial charge in [-0.3, -0.25) is 4.79 Å². The third-order valence-electron chi connectivity index (χ3n) is 5.46. The SMILES string of the molecule is CCc1nc([C@@H]2CCCN(C(=O)[C@H]3C[C@@H]3c3cccc(C)c3)C2)no1. The molecule has 4 rings (SSSR count). The number of nitrogens with zero attached hydrogens (tertiary/aromatic N) is 3. The summed E-state index contributed by atoms with van der Waals surface area (Å²) in [5, 5.41) is 4.11. The largest absolute Gasteiger partial charge is 0.342 e. The average molecular weight is 339 g/mol. The van der Waals surface area contributed by atoms with E-state index in [1.54, 1.807) is 0 Å². The number of aryl methyl sites for hydroxylation is 2. The van der Waals surface area contributed by atoms with Crippen LogP contribution in [0.5, 0.6) is 0 Å². The van der Waals surface area contributed by atoms with Crippen molar-refractivity contribution in [3.8, 4) is 0 Å². The Hall–Kier alpha value is -2.17. The molecule has 1 aliphatic carbocycles. The molecule has 2 aromatic rings. The van der Waals surface area contributed by atoms with Crippen molar-refractivity contribution in [3.05, 3.63) is 47.1 Å². The van der Waals surface area contributed by atoms with E-state index in [-0.39, 0.29) is 11.8 Å². The summed E-state index contributed by atoms with van der Waals surface area (Å²) >= 11 is 0. The van der Waals surface area contributed by atoms with E-state index >= 15 is 0 Å². The van der Waals surface area contributed by atoms with Gasteiger partial charge in [0, 0.05) is 31.3 Å². The summed E-state index contributed by atoms with van der Waals surface area (Å²) in [6.45, 7) is 5.68. The maximum atomic E-state index is 12.9. The predicted octanol–water partition coefficient (Wildman–Crippen LogP) is 3.45. The predicted molar refractivity (Wildman–Crippen MR) is 94.3 cm³/mol. The Morgan fingerprint density at radius 1 is 1.40 bits per heavy atom. The maximum absolute atomic E-state index is 12.9. The van der Waals surface area contributed by atoms with Crippen molar-refractivity contribution >= 4 is 5.91 Å². The Balaban J connectivity index is 1.41. The standard InChI is InChI=1S/C20H25N3O2/c1-3-18-21-19(22-25-18)15-8-5-9-23(12-15)20(24)17-11-16(17)14-7-4-6-13(2)10-14/h4,6-7,10,15-17H,3,5,8-9,11-12H2,1-2H3/t15-,16-,17+/m1/s1. The first-order valence-electron chi connectivity index (χ1n) is 9.33. The summed E-state index contributed by atoms with van der Waals surface area (Å²) in [6, 6.07) is 8.55. The Kier molecular flexibility index (Phi) is 4.32. The van der Waals surface area contributed by atoms with Crippen molar-refractivity contribution in [1.29, 1.82) is 0 Å². The van der Waals surface area contributed by atoms with Crippen LogP contribution in [0.4, 0.5) is 0 Å². The van der Waals surface area contributed by atoms with Crippen LogP contribution in [0.1, 0.15) is 60.9 Å². The van der Waals surface area contributed by atoms with E-state index in [0.717, 1.165) is 44.6 Å². The molecule has 5 heteroatoms. The van der Waals surface area contributed by atoms with Gasteiger partial charge in [0.15, 0.2) is 5.82 Å². The molecule has 1 amide bonds. The summed E-state index contributed by atoms with van der Waals surface area (Å²) < 4.78 is 5.24. The third-order valence-corrected chi connectivity index (χ3v) is 5.46. The summed E-state index contributed by atoms with van der Waals surface area (Å²) in [7, 11) is 0. The number of amides is 1. The van der Waals surface area contributed by atoms with E-state index in [0.29, 0.717) is 17.7 Å². The molecule has 2 aliphatic rings. The summed E-state index contributed by atoms with van der Waals surface area (Å²) in [6.07, 6.45) is 3.76. The molecule has 1 saturated heterocycles. The van der Waals surface area contributed by atoms with E-state index in [4.69, 9.17) is 4.52 Å². The molecule has 0 spiro atoms. The molecule has 2 fully saturated rings. The van der Waals surface area contributed by atoms with E-state index in [1.165, 1.54) is 11.1 Å². The minimum Gasteiger partial charge on any atom is -0.342 e. The number of likely N-dealkylation sites (tertiary alicyclic amines) is 1. The van der Waals surface area contributed by atoms with Crippen LogP contribution in [0.3, 0.4) is 0 Å². The van der Waals surface area contributed by atoms with Gasteiger partial charge in [-0.2, -0.15) is 4.98 Å². The number of hydrogen-bond donors (Lipinski definition) is 0. The molecular formula is C20H25N3O2. The Morgan fingerprint density at radius 2 is 2.28 bits per heavy atom. The van der Waals surface area contributed by atoms with Gasteiger partial charge in [0.25, 0.3) is 0 Å². The van der Waals surface area contributed by atoms with Crippen LogP contribution in [0, 0.1) is 12.8 Å². The van der Waals surface area contributed by atoms with Crippen LogP contribution in [-0.2, 0) is 11.2 Å². The monoisotopic (exact) mass is 339 g/mol. The zero-order chi connectivity index (χ0) is 17.4. The number of carbonyl (C=O) groups excluding carboxylic acids is 1. The van der Waals surface area contributed by atoms with Crippen molar-refractivity contribution < 1.29 is 9.32 Å². The quantitative estimate of drug-likeness (QED) is 0.856. The second-order valence-electron chi connectivity index (χ2n) is 7.39. The molecule has 3 atom stereocenters. The topological polar surface area (TPSA) is 59.2 Å². The molecule has 1 aliphatic heterocycles. The van der Waals surface area contributed by atoms with Crippen LogP contribution in [0.25, 0.3) is 0 Å². The second-order valence-corrected chi connectivity index (χ2v) is 7.39. The Labute approximate surface area is 148 Å². The third kappa shape index (κ3) is 3.32. The highest BCUT2D eigenvalue weighted by Crippen LogP contribution is 2.49. The zero-order valence-corrected chi connectivity index (χ0v) is 14.9. The highest BCUT2D eigenvalue weighted by molar-refractivity contribution is 5.83. The van der Waals surface area contributed by atoms with Crippen molar-refractivity contribution in [2.75, 3.05) is 13.1 Å². The highest BCUT2D eigenvalue weighted by Gasteiger charge is 2.46. The summed E-state index contributed by atoms with van der Waals surface area (Å²) in [4.78, 5) is 19.4. The normalized spacial score (nSPS) is 25.8. The van der Waals surface area contributed by atoms with Gasteiger partial charge in [-0.15, -0.1) is 0 Å². The van der Waals surface area contributed by atoms with E-state index in [9.17, 15) is 4.79 Å². The molecule has 0 radical (unpaired) electrons. The van der Waals surface area contributed by atoms with Crippen LogP contribution < -0.4 is 0 Å². The van der Waals surface area contributed by atoms with Gasteiger partial charge in [-0.1, -0.05) is 41.9 Å². The molecule has 132 valence electrons. The molecule has 0 unspecified atom stereocenters. The van der Waals surface area contributed by atoms with E-state index < -0.39 is 0 Å². The fraction of sp³-hybridized carbons (Fsp3) is 0.550. The van der Waals surface area contributed by atoms with Gasteiger partial charge in [0.1, 0.15) is 0 Å². The lowest BCUT2D eigenvalue weighted by atomic mass is 9.96. The minimum absolute atomic E-state index is 0.150. The number of benzene rings is 1. The Bertz CT molecular complexity index is 770. The first kappa shape index (κ1) is 16.3. The number of piperidine rings is 1. The van der Waals surface area contributed by atoms with Gasteiger partial charge >= 0.3 is 0 Å². The molecule has 5 nitrogen and oxygen atoms in total. The van der Waals surface area contributed by atoms with E-state index in [1.807, 2.05) is 11.8 Å². The molecule has 1 saturated carbocycles. The first-order chi connectivity index (χ1) is 12.2. The molecular weight excluding hydrogens is 314 g/mol. The van der Waals surface area contributed by atoms with Crippen LogP contribution in [0.15, 0.2) is 28.8 Å². The molecule has 2 heterocycles. The van der Waals surface area contributed by atoms with Gasteiger partial charge < -0.3 is 9.42 Å². The fourth-order valence-corrected chi connectivity index (χ4v) is 3.94. The number of rotatable bonds is 4. The molecule has 1 aromatic carbocycles. The summed E-state index contributed by atoms with van der Waals surface area (Å²) in [5.74, 6) is 2.50. The van der Waals surface area contributed by atoms with Crippen LogP contribution >= 0.6 is 0 Å². The van der Waals surface area contributed by atoms with Crippen molar-refractivity contribution in [3.63, 3.8) is 0 Å². The van der Waals surface area contributed by atoms with Gasteiger partial charge in [-0.25, -0.2) is 0 Å². The first-order valence-corrected chi connectivity index (χ1v) is 9.33. The average Bonchev–Trinajstić information content (AvgIpc) is 3.30. The zero-order valence-electron chi connectivity index (χ0n) is 14.9. The minimum atomic E-state index is 0.150. The summed E-state index contributed by atoms with van der Waals surface area (Å²) in [5.41, 5.74) is 2.56. The lowest BCUT2D eigenvalue weighted by Crippen LogP contribution is -2.40.